The molecular formula is C81H130N22O11. The third-order valence-electron chi connectivity index (χ3n) is 19.2. The number of unbranched alkanes of at least 4 members (excludes halogenated alkanes) is 5. The van der Waals surface area contributed by atoms with E-state index >= 15 is 0 Å². The Bertz CT molecular complexity index is 4440. The van der Waals surface area contributed by atoms with Crippen LogP contribution in [-0.4, -0.2) is 187 Å². The summed E-state index contributed by atoms with van der Waals surface area (Å²) in [6, 6.07) is 23.8. The zero-order valence-corrected chi connectivity index (χ0v) is 68.5. The average Bonchev–Trinajstić information content (AvgIpc) is 1.63. The zero-order valence-electron chi connectivity index (χ0n) is 68.5. The number of primary amides is 3. The number of rotatable bonds is 46. The molecule has 9 rings (SSSR count). The fraction of sp³-hybridized carbons (Fsp3) is 0.543. The maximum atomic E-state index is 12.1. The summed E-state index contributed by atoms with van der Waals surface area (Å²) in [7, 11) is 9.53. The number of nitrogens with two attached hydrogens (primary N) is 9. The summed E-state index contributed by atoms with van der Waals surface area (Å²) in [5.41, 5.74) is 55.9. The van der Waals surface area contributed by atoms with Crippen molar-refractivity contribution >= 4 is 125 Å². The second kappa shape index (κ2) is 53.7. The third kappa shape index (κ3) is 29.9. The molecule has 3 atom stereocenters. The van der Waals surface area contributed by atoms with Gasteiger partial charge in [0.05, 0.1) is 66.0 Å². The number of methoxy groups -OCH3 is 3. The van der Waals surface area contributed by atoms with Crippen LogP contribution in [0.25, 0.3) is 65.8 Å². The number of ketones is 1. The summed E-state index contributed by atoms with van der Waals surface area (Å²) in [4.78, 5) is 110. The van der Waals surface area contributed by atoms with Crippen molar-refractivity contribution in [2.45, 2.75) is 169 Å². The lowest BCUT2D eigenvalue weighted by atomic mass is 9.98. The Hall–Kier alpha value is -10.3. The molecule has 6 heterocycles. The minimum absolute atomic E-state index is 0. The lowest BCUT2D eigenvalue weighted by molar-refractivity contribution is -0.125. The van der Waals surface area contributed by atoms with Gasteiger partial charge in [-0.25, -0.2) is 34.7 Å². The maximum Gasteiger partial charge on any atom is 0.407 e. The lowest BCUT2D eigenvalue weighted by Gasteiger charge is -2.12. The minimum Gasteiger partial charge on any atom is -0.448 e. The molecule has 0 unspecified atom stereocenters. The van der Waals surface area contributed by atoms with Crippen molar-refractivity contribution in [2.75, 3.05) is 119 Å². The summed E-state index contributed by atoms with van der Waals surface area (Å²) in [6.45, 7) is 12.1. The quantitative estimate of drug-likeness (QED) is 0.0168. The number of para-hydroxylation sites is 3. The van der Waals surface area contributed by atoms with E-state index < -0.39 is 12.0 Å². The summed E-state index contributed by atoms with van der Waals surface area (Å²) in [5, 5.41) is 14.7. The van der Waals surface area contributed by atoms with Gasteiger partial charge in [0.15, 0.2) is 17.5 Å². The summed E-state index contributed by atoms with van der Waals surface area (Å²) >= 11 is 0. The summed E-state index contributed by atoms with van der Waals surface area (Å²) in [5.74, 6) is 2.14. The number of carbonyl (C=O) groups is 7. The Morgan fingerprint density at radius 2 is 0.737 bits per heavy atom. The Kier molecular flexibility index (Phi) is 45.2. The minimum atomic E-state index is -0.539. The van der Waals surface area contributed by atoms with Crippen LogP contribution >= 0.6 is 0 Å². The molecule has 0 aliphatic rings. The molecule has 0 bridgehead atoms. The number of aromatic nitrogens is 9. The number of imidazole rings is 3. The van der Waals surface area contributed by atoms with Crippen LogP contribution < -0.4 is 72.9 Å². The van der Waals surface area contributed by atoms with Gasteiger partial charge in [0, 0.05) is 128 Å². The van der Waals surface area contributed by atoms with Gasteiger partial charge in [-0.2, -0.15) is 0 Å². The van der Waals surface area contributed by atoms with Crippen LogP contribution in [0.4, 0.5) is 22.2 Å². The van der Waals surface area contributed by atoms with Gasteiger partial charge in [-0.15, -0.1) is 0 Å². The van der Waals surface area contributed by atoms with Gasteiger partial charge in [-0.05, 0) is 123 Å². The number of aryl methyl sites for hydroxylation is 3. The molecule has 9 aromatic rings. The van der Waals surface area contributed by atoms with Crippen molar-refractivity contribution in [3.8, 4) is 0 Å². The number of benzene rings is 3. The Morgan fingerprint density at radius 3 is 1.11 bits per heavy atom. The number of nitrogens with one attached hydrogen (secondary N) is 4. The first-order valence-corrected chi connectivity index (χ1v) is 39.6. The van der Waals surface area contributed by atoms with Gasteiger partial charge < -0.3 is 106 Å². The number of pyridine rings is 3. The standard InChI is InChI=1S/C27H39N7O5.C26H38N6O3.C25H36N6O3.3CH5N.H2/c1-3-18(26(29)36)10-11-22(35)30-14-17-39-27(37)31-13-6-7-15-34-21(12-16-38-2)33-23-24(34)19-8-4-5-9-20(19)32-25(23)28;1-3-18(26(28)34)12-13-22(33)29-15-8-4-5-9-16-32-21(14-17-35-2)31-23-24(32)19-10-6-7-11-20(19)30-25(23)27;1-3-17(25(27)33)10-11-18(32)16-28-13-6-7-14-31-21(12-15-34-2)30-22-23(31)19-8-4-5-9-20(19)29-24(22)26;3*1-2;/h4-5,8-9,18H,3,6-7,10-17H2,1-2H3,(H2,28,32)(H2,29,36)(H,30,35)(H,31,37);6-7,10-11,18H,3-5,8-9,12-17H2,1-2H3,(H2,27,30)(H2,28,34)(H,29,33);4-5,8-9,17,28H,3,6-7,10-16H2,1-2H3,(H2,26,29)(H2,27,33);3*2H2,1H3;1H/t2*18-;17-;;;;/m000..../s1. The predicted octanol–water partition coefficient (Wildman–Crippen LogP) is 7.15. The number of fused-ring (bicyclic) bond motifs is 9. The van der Waals surface area contributed by atoms with E-state index in [0.717, 1.165) is 149 Å². The molecule has 630 valence electrons. The maximum absolute atomic E-state index is 12.1. The molecule has 6 amide bonds. The van der Waals surface area contributed by atoms with E-state index in [0.29, 0.717) is 140 Å². The number of amides is 6. The van der Waals surface area contributed by atoms with Crippen molar-refractivity contribution in [2.24, 2.45) is 52.2 Å². The number of Topliss-reactive ketones (excluding diaryl/α,β-unsaturated/α-hetero) is 1. The van der Waals surface area contributed by atoms with Gasteiger partial charge in [0.1, 0.15) is 46.4 Å². The number of anilines is 3. The third-order valence-corrected chi connectivity index (χ3v) is 19.2. The van der Waals surface area contributed by atoms with Gasteiger partial charge in [-0.1, -0.05) is 88.2 Å². The van der Waals surface area contributed by atoms with Crippen molar-refractivity contribution in [1.29, 1.82) is 0 Å². The molecule has 0 fully saturated rings. The van der Waals surface area contributed by atoms with E-state index in [2.05, 4.69) is 79.3 Å². The monoisotopic (exact) mass is 1590 g/mol. The van der Waals surface area contributed by atoms with Crippen LogP contribution in [0, 0.1) is 17.8 Å². The first kappa shape index (κ1) is 96.1. The molecule has 33 heteroatoms. The van der Waals surface area contributed by atoms with Crippen LogP contribution in [0.5, 0.6) is 0 Å². The molecule has 22 N–H and O–H groups in total. The number of hydrogen-bond acceptors (Lipinski definition) is 24. The summed E-state index contributed by atoms with van der Waals surface area (Å²) in [6.07, 6.45) is 13.1. The number of ether oxygens (including phenoxy) is 4. The number of alkyl carbamates (subject to hydrolysis) is 1. The molecule has 0 aliphatic carbocycles. The highest BCUT2D eigenvalue weighted by atomic mass is 16.5. The fourth-order valence-corrected chi connectivity index (χ4v) is 13.1. The van der Waals surface area contributed by atoms with Crippen LogP contribution in [0.3, 0.4) is 0 Å². The molecule has 0 saturated heterocycles. The van der Waals surface area contributed by atoms with Crippen LogP contribution in [0.2, 0.25) is 0 Å². The molecule has 114 heavy (non-hydrogen) atoms. The van der Waals surface area contributed by atoms with E-state index in [1.807, 2.05) is 81.4 Å². The topological polar surface area (TPSA) is 531 Å². The van der Waals surface area contributed by atoms with Crippen molar-refractivity contribution in [3.63, 3.8) is 0 Å². The smallest absolute Gasteiger partial charge is 0.407 e. The van der Waals surface area contributed by atoms with Crippen molar-refractivity contribution in [1.82, 2.24) is 64.9 Å². The summed E-state index contributed by atoms with van der Waals surface area (Å²) < 4.78 is 27.6. The number of carbonyl (C=O) groups excluding carboxylic acids is 7. The highest BCUT2D eigenvalue weighted by molar-refractivity contribution is 6.08. The van der Waals surface area contributed by atoms with Crippen LogP contribution in [0.1, 0.15) is 149 Å². The zero-order chi connectivity index (χ0) is 83.9. The molecule has 0 spiro atoms. The second-order valence-corrected chi connectivity index (χ2v) is 26.8. The first-order chi connectivity index (χ1) is 55.3. The van der Waals surface area contributed by atoms with Gasteiger partial charge in [0.2, 0.25) is 29.5 Å². The Morgan fingerprint density at radius 1 is 0.412 bits per heavy atom. The molecule has 6 aromatic heterocycles. The van der Waals surface area contributed by atoms with Crippen molar-refractivity contribution in [3.05, 3.63) is 90.3 Å². The van der Waals surface area contributed by atoms with E-state index in [-0.39, 0.29) is 68.2 Å². The normalized spacial score (nSPS) is 11.7. The fourth-order valence-electron chi connectivity index (χ4n) is 13.1. The molecule has 3 aromatic carbocycles. The number of hydrogen-bond donors (Lipinski definition) is 13. The van der Waals surface area contributed by atoms with Crippen LogP contribution in [0.15, 0.2) is 72.8 Å². The van der Waals surface area contributed by atoms with E-state index in [1.165, 1.54) is 21.1 Å². The lowest BCUT2D eigenvalue weighted by Crippen LogP contribution is -2.32. The highest BCUT2D eigenvalue weighted by Gasteiger charge is 2.23. The first-order valence-electron chi connectivity index (χ1n) is 39.6. The van der Waals surface area contributed by atoms with E-state index in [1.54, 1.807) is 21.3 Å². The van der Waals surface area contributed by atoms with Crippen molar-refractivity contribution < 1.29 is 53.9 Å². The van der Waals surface area contributed by atoms with Gasteiger partial charge >= 0.3 is 6.09 Å². The van der Waals surface area contributed by atoms with E-state index in [4.69, 9.17) is 68.3 Å². The molecule has 0 radical (unpaired) electrons. The molecular weight excluding hydrogens is 1460 g/mol. The van der Waals surface area contributed by atoms with Crippen LogP contribution in [-0.2, 0) is 86.6 Å². The Balaban J connectivity index is 0.000000431. The molecule has 0 aliphatic heterocycles. The second-order valence-electron chi connectivity index (χ2n) is 26.8. The van der Waals surface area contributed by atoms with Gasteiger partial charge in [0.25, 0.3) is 0 Å². The number of nitrogens with zero attached hydrogens (tertiary/aromatic N) is 9. The number of nitrogen functional groups attached to an aromatic ring is 3. The average molecular weight is 1590 g/mol. The Labute approximate surface area is 670 Å². The molecule has 33 nitrogen and oxygen atoms in total. The SMILES string of the molecule is CC[C@@H](CCC(=O)CNCCCCn1c(CCOC)nc2c(N)nc3ccccc3c21)C(N)=O.CC[C@@H](CCC(=O)NCCCCCCn1c(CCOC)nc2c(N)nc3ccccc3c21)C(N)=O.CC[C@@H](CCC(=O)NCCOC(=O)NCCCCn1c(CCOC)nc2c(N)nc3ccccc3c21)C(N)=O.CN.CN.CN.[HH]. The molecule has 0 saturated carbocycles. The van der Waals surface area contributed by atoms with Gasteiger partial charge in [-0.3, -0.25) is 28.8 Å². The largest absolute Gasteiger partial charge is 0.448 e. The predicted molar refractivity (Wildman–Crippen MR) is 454 cm³/mol. The highest BCUT2D eigenvalue weighted by Crippen LogP contribution is 2.33. The van der Waals surface area contributed by atoms with E-state index in [9.17, 15) is 33.6 Å².